The smallest absolute Gasteiger partial charge is 0.108 e. The summed E-state index contributed by atoms with van der Waals surface area (Å²) in [5, 5.41) is 8.19. The Balaban J connectivity index is 1.84. The molecule has 30 heavy (non-hydrogen) atoms. The third kappa shape index (κ3) is 4.70. The lowest BCUT2D eigenvalue weighted by atomic mass is 10.1. The number of rotatable bonds is 6. The number of hydrogen-bond acceptors (Lipinski definition) is 4. The van der Waals surface area contributed by atoms with Crippen molar-refractivity contribution >= 4 is 46.7 Å². The van der Waals surface area contributed by atoms with Gasteiger partial charge >= 0.3 is 0 Å². The molecule has 0 atom stereocenters. The van der Waals surface area contributed by atoms with Crippen LogP contribution in [0.3, 0.4) is 0 Å². The molecular formula is C23H19Cl2N3S2. The lowest BCUT2D eigenvalue weighted by Gasteiger charge is -2.11. The number of aryl methyl sites for hydroxylation is 1. The van der Waals surface area contributed by atoms with Crippen LogP contribution in [-0.4, -0.2) is 21.0 Å². The van der Waals surface area contributed by atoms with E-state index < -0.39 is 0 Å². The maximum absolute atomic E-state index is 6.26. The molecule has 152 valence electrons. The molecule has 0 bridgehead atoms. The highest BCUT2D eigenvalue weighted by molar-refractivity contribution is 7.99. The first-order chi connectivity index (χ1) is 14.5. The second kappa shape index (κ2) is 9.48. The fraction of sp³-hybridized carbons (Fsp3) is 0.130. The number of benzene rings is 2. The van der Waals surface area contributed by atoms with Crippen LogP contribution in [0.5, 0.6) is 0 Å². The van der Waals surface area contributed by atoms with Gasteiger partial charge in [-0.15, -0.1) is 11.8 Å². The van der Waals surface area contributed by atoms with Crippen molar-refractivity contribution in [2.75, 3.05) is 6.26 Å². The molecule has 0 N–H and O–H groups in total. The first-order valence-electron chi connectivity index (χ1n) is 9.31. The van der Waals surface area contributed by atoms with E-state index >= 15 is 0 Å². The molecule has 0 fully saturated rings. The molecule has 4 rings (SSSR count). The molecule has 4 aromatic rings. The molecule has 0 unspecified atom stereocenters. The summed E-state index contributed by atoms with van der Waals surface area (Å²) in [4.78, 5) is 5.49. The number of nitrogens with zero attached hydrogens (tertiary/aromatic N) is 3. The molecule has 2 heterocycles. The minimum absolute atomic E-state index is 0.617. The molecule has 0 aliphatic rings. The normalized spacial score (nSPS) is 11.1. The Bertz CT molecular complexity index is 1160. The van der Waals surface area contributed by atoms with E-state index in [1.807, 2.05) is 47.3 Å². The Kier molecular flexibility index (Phi) is 6.74. The molecule has 2 aromatic heterocycles. The minimum Gasteiger partial charge on any atom is -0.250 e. The summed E-state index contributed by atoms with van der Waals surface area (Å²) in [6, 6.07) is 19.9. The van der Waals surface area contributed by atoms with Crippen molar-refractivity contribution in [1.82, 2.24) is 14.8 Å². The molecule has 7 heteroatoms. The third-order valence-electron chi connectivity index (χ3n) is 4.60. The average Bonchev–Trinajstić information content (AvgIpc) is 3.04. The van der Waals surface area contributed by atoms with Gasteiger partial charge in [0.05, 0.1) is 16.4 Å². The van der Waals surface area contributed by atoms with Gasteiger partial charge in [0, 0.05) is 33.1 Å². The summed E-state index contributed by atoms with van der Waals surface area (Å²) < 4.78 is 2.00. The van der Waals surface area contributed by atoms with E-state index in [-0.39, 0.29) is 0 Å². The minimum atomic E-state index is 0.617. The zero-order valence-corrected chi connectivity index (χ0v) is 19.6. The van der Waals surface area contributed by atoms with Gasteiger partial charge in [-0.2, -0.15) is 5.10 Å². The standard InChI is InChI=1S/C23H19Cl2N3S2/c1-15-21(11-16-7-6-10-26-22(16)29-2)23(28(27-15)19-8-4-3-5-9-19)30-20-13-17(24)12-18(25)14-20/h3-10,12-14H,11H2,1-2H3. The summed E-state index contributed by atoms with van der Waals surface area (Å²) in [6.07, 6.45) is 4.63. The monoisotopic (exact) mass is 471 g/mol. The molecule has 0 radical (unpaired) electrons. The second-order valence-electron chi connectivity index (χ2n) is 6.67. The summed E-state index contributed by atoms with van der Waals surface area (Å²) in [5.74, 6) is 0. The Morgan fingerprint density at radius 1 is 0.967 bits per heavy atom. The van der Waals surface area contributed by atoms with Crippen molar-refractivity contribution in [1.29, 1.82) is 0 Å². The fourth-order valence-corrected chi connectivity index (χ4v) is 5.62. The number of aromatic nitrogens is 3. The van der Waals surface area contributed by atoms with Crippen LogP contribution in [0.1, 0.15) is 16.8 Å². The number of pyridine rings is 1. The van der Waals surface area contributed by atoms with Crippen LogP contribution < -0.4 is 0 Å². The topological polar surface area (TPSA) is 30.7 Å². The van der Waals surface area contributed by atoms with E-state index in [0.29, 0.717) is 10.0 Å². The van der Waals surface area contributed by atoms with Crippen LogP contribution in [0, 0.1) is 6.92 Å². The van der Waals surface area contributed by atoms with Crippen molar-refractivity contribution in [2.24, 2.45) is 0 Å². The first kappa shape index (κ1) is 21.3. The Morgan fingerprint density at radius 3 is 2.40 bits per heavy atom. The SMILES string of the molecule is CSc1ncccc1Cc1c(C)nn(-c2ccccc2)c1Sc1cc(Cl)cc(Cl)c1. The van der Waals surface area contributed by atoms with Gasteiger partial charge in [-0.05, 0) is 55.1 Å². The van der Waals surface area contributed by atoms with Crippen LogP contribution in [0.2, 0.25) is 10.0 Å². The number of hydrogen-bond donors (Lipinski definition) is 0. The lowest BCUT2D eigenvalue weighted by Crippen LogP contribution is -1.99. The molecular weight excluding hydrogens is 453 g/mol. The molecule has 0 saturated carbocycles. The van der Waals surface area contributed by atoms with Crippen LogP contribution in [0.25, 0.3) is 5.69 Å². The number of thioether (sulfide) groups is 1. The fourth-order valence-electron chi connectivity index (χ4n) is 3.22. The molecule has 2 aromatic carbocycles. The van der Waals surface area contributed by atoms with Gasteiger partial charge in [0.2, 0.25) is 0 Å². The Hall–Kier alpha value is -1.92. The van der Waals surface area contributed by atoms with Gasteiger partial charge in [-0.1, -0.05) is 59.2 Å². The lowest BCUT2D eigenvalue weighted by molar-refractivity contribution is 0.789. The highest BCUT2D eigenvalue weighted by Crippen LogP contribution is 2.38. The van der Waals surface area contributed by atoms with Crippen LogP contribution >= 0.6 is 46.7 Å². The van der Waals surface area contributed by atoms with Crippen LogP contribution in [0.15, 0.2) is 81.8 Å². The van der Waals surface area contributed by atoms with Gasteiger partial charge < -0.3 is 0 Å². The highest BCUT2D eigenvalue weighted by Gasteiger charge is 2.20. The van der Waals surface area contributed by atoms with Crippen LogP contribution in [0.4, 0.5) is 0 Å². The van der Waals surface area contributed by atoms with Gasteiger partial charge in [0.15, 0.2) is 0 Å². The Labute approximate surface area is 194 Å². The van der Waals surface area contributed by atoms with Crippen molar-refractivity contribution in [3.05, 3.63) is 93.7 Å². The van der Waals surface area contributed by atoms with Gasteiger partial charge in [-0.25, -0.2) is 9.67 Å². The van der Waals surface area contributed by atoms with E-state index in [2.05, 4.69) is 36.4 Å². The quantitative estimate of drug-likeness (QED) is 0.275. The van der Waals surface area contributed by atoms with Gasteiger partial charge in [0.25, 0.3) is 0 Å². The molecule has 0 amide bonds. The number of para-hydroxylation sites is 1. The summed E-state index contributed by atoms with van der Waals surface area (Å²) in [5.41, 5.74) is 4.36. The third-order valence-corrected chi connectivity index (χ3v) is 6.87. The first-order valence-corrected chi connectivity index (χ1v) is 12.1. The van der Waals surface area contributed by atoms with E-state index in [4.69, 9.17) is 28.3 Å². The summed E-state index contributed by atoms with van der Waals surface area (Å²) >= 11 is 15.8. The maximum Gasteiger partial charge on any atom is 0.108 e. The highest BCUT2D eigenvalue weighted by atomic mass is 35.5. The molecule has 0 aliphatic heterocycles. The van der Waals surface area contributed by atoms with Crippen molar-refractivity contribution in [3.63, 3.8) is 0 Å². The second-order valence-corrected chi connectivity index (χ2v) is 9.40. The maximum atomic E-state index is 6.26. The zero-order chi connectivity index (χ0) is 21.1. The van der Waals surface area contributed by atoms with Crippen molar-refractivity contribution in [2.45, 2.75) is 28.3 Å². The van der Waals surface area contributed by atoms with Gasteiger partial charge in [0.1, 0.15) is 5.03 Å². The predicted molar refractivity (Wildman–Crippen MR) is 128 cm³/mol. The van der Waals surface area contributed by atoms with Crippen molar-refractivity contribution < 1.29 is 0 Å². The zero-order valence-electron chi connectivity index (χ0n) is 16.5. The summed E-state index contributed by atoms with van der Waals surface area (Å²) in [6.45, 7) is 2.05. The molecule has 0 spiro atoms. The average molecular weight is 472 g/mol. The van der Waals surface area contributed by atoms with Crippen LogP contribution in [-0.2, 0) is 6.42 Å². The van der Waals surface area contributed by atoms with Crippen molar-refractivity contribution in [3.8, 4) is 5.69 Å². The largest absolute Gasteiger partial charge is 0.250 e. The molecule has 3 nitrogen and oxygen atoms in total. The van der Waals surface area contributed by atoms with Gasteiger partial charge in [-0.3, -0.25) is 0 Å². The van der Waals surface area contributed by atoms with E-state index in [9.17, 15) is 0 Å². The molecule has 0 aliphatic carbocycles. The van der Waals surface area contributed by atoms with E-state index in [1.165, 1.54) is 11.1 Å². The Morgan fingerprint density at radius 2 is 1.70 bits per heavy atom. The number of halogens is 2. The molecule has 0 saturated heterocycles. The predicted octanol–water partition coefficient (Wildman–Crippen LogP) is 7.35. The van der Waals surface area contributed by atoms with E-state index in [1.54, 1.807) is 29.6 Å². The van der Waals surface area contributed by atoms with E-state index in [0.717, 1.165) is 32.7 Å². The summed E-state index contributed by atoms with van der Waals surface area (Å²) in [7, 11) is 0.